The number of hydrogen-bond donors (Lipinski definition) is 0. The molecule has 1 rings (SSSR count). The maximum atomic E-state index is 2.37. The van der Waals surface area contributed by atoms with Gasteiger partial charge in [0.25, 0.3) is 0 Å². The van der Waals surface area contributed by atoms with Gasteiger partial charge in [-0.3, -0.25) is 0 Å². The first-order valence-corrected chi connectivity index (χ1v) is 3.95. The van der Waals surface area contributed by atoms with Gasteiger partial charge >= 0.3 is 0 Å². The first-order valence-electron chi connectivity index (χ1n) is 3.95. The minimum Gasteiger partial charge on any atom is -0.0622 e. The summed E-state index contributed by atoms with van der Waals surface area (Å²) in [6, 6.07) is 0. The standard InChI is InChI=1S/C9H17/c1-6-5-7(2)9(4)8(6)3/h6,8-9H,5H2,1-4H3. The van der Waals surface area contributed by atoms with E-state index < -0.39 is 0 Å². The van der Waals surface area contributed by atoms with Gasteiger partial charge < -0.3 is 0 Å². The maximum absolute atomic E-state index is 2.37. The van der Waals surface area contributed by atoms with Gasteiger partial charge in [0.15, 0.2) is 0 Å². The van der Waals surface area contributed by atoms with Crippen LogP contribution >= 0.6 is 0 Å². The third-order valence-electron chi connectivity index (χ3n) is 3.11. The smallest absolute Gasteiger partial charge is 0.0238 e. The molecular formula is C9H17. The zero-order valence-corrected chi connectivity index (χ0v) is 6.94. The molecule has 53 valence electrons. The molecule has 0 bridgehead atoms. The fourth-order valence-corrected chi connectivity index (χ4v) is 1.82. The molecule has 0 aliphatic heterocycles. The minimum atomic E-state index is 0.875. The van der Waals surface area contributed by atoms with E-state index in [0.29, 0.717) is 0 Å². The molecule has 0 aromatic rings. The fourth-order valence-electron chi connectivity index (χ4n) is 1.82. The molecule has 9 heavy (non-hydrogen) atoms. The van der Waals surface area contributed by atoms with Crippen LogP contribution in [0.3, 0.4) is 0 Å². The van der Waals surface area contributed by atoms with E-state index >= 15 is 0 Å². The van der Waals surface area contributed by atoms with Crippen molar-refractivity contribution in [3.63, 3.8) is 0 Å². The highest BCUT2D eigenvalue weighted by Crippen LogP contribution is 2.41. The third-order valence-corrected chi connectivity index (χ3v) is 3.11. The summed E-state index contributed by atoms with van der Waals surface area (Å²) in [5.41, 5.74) is 0. The lowest BCUT2D eigenvalue weighted by molar-refractivity contribution is 0.385. The van der Waals surface area contributed by atoms with E-state index in [0.717, 1.165) is 17.8 Å². The Bertz CT molecular complexity index is 84.2. The molecular weight excluding hydrogens is 108 g/mol. The van der Waals surface area contributed by atoms with Crippen molar-refractivity contribution in [3.05, 3.63) is 5.92 Å². The van der Waals surface area contributed by atoms with Crippen molar-refractivity contribution in [2.24, 2.45) is 17.8 Å². The Balaban J connectivity index is 2.54. The van der Waals surface area contributed by atoms with Gasteiger partial charge in [0.05, 0.1) is 0 Å². The fraction of sp³-hybridized carbons (Fsp3) is 0.889. The Morgan fingerprint density at radius 2 is 1.78 bits per heavy atom. The SMILES string of the molecule is C[C]1CC(C)C(C)C1C. The van der Waals surface area contributed by atoms with Gasteiger partial charge in [0.2, 0.25) is 0 Å². The van der Waals surface area contributed by atoms with Gasteiger partial charge in [0.1, 0.15) is 0 Å². The van der Waals surface area contributed by atoms with Crippen molar-refractivity contribution in [1.29, 1.82) is 0 Å². The lowest BCUT2D eigenvalue weighted by Crippen LogP contribution is -2.06. The zero-order valence-electron chi connectivity index (χ0n) is 6.94. The van der Waals surface area contributed by atoms with Gasteiger partial charge in [-0.05, 0) is 30.1 Å². The summed E-state index contributed by atoms with van der Waals surface area (Å²) >= 11 is 0. The Morgan fingerprint density at radius 3 is 1.89 bits per heavy atom. The van der Waals surface area contributed by atoms with Crippen LogP contribution in [0.5, 0.6) is 0 Å². The van der Waals surface area contributed by atoms with Gasteiger partial charge in [-0.2, -0.15) is 0 Å². The molecule has 3 atom stereocenters. The van der Waals surface area contributed by atoms with Gasteiger partial charge in [-0.1, -0.05) is 27.7 Å². The first-order chi connectivity index (χ1) is 4.13. The Hall–Kier alpha value is 0. The van der Waals surface area contributed by atoms with Crippen LogP contribution in [-0.2, 0) is 0 Å². The Kier molecular flexibility index (Phi) is 1.83. The molecule has 1 fully saturated rings. The molecule has 0 amide bonds. The summed E-state index contributed by atoms with van der Waals surface area (Å²) in [5, 5.41) is 0. The number of hydrogen-bond acceptors (Lipinski definition) is 0. The quantitative estimate of drug-likeness (QED) is 0.467. The molecule has 1 radical (unpaired) electrons. The van der Waals surface area contributed by atoms with Crippen LogP contribution in [0, 0.1) is 23.7 Å². The monoisotopic (exact) mass is 125 g/mol. The summed E-state index contributed by atoms with van der Waals surface area (Å²) in [4.78, 5) is 0. The summed E-state index contributed by atoms with van der Waals surface area (Å²) in [6.07, 6.45) is 1.36. The molecule has 0 aromatic heterocycles. The van der Waals surface area contributed by atoms with Gasteiger partial charge in [-0.25, -0.2) is 0 Å². The summed E-state index contributed by atoms with van der Waals surface area (Å²) < 4.78 is 0. The average Bonchev–Trinajstić information content (AvgIpc) is 1.98. The van der Waals surface area contributed by atoms with Crippen LogP contribution < -0.4 is 0 Å². The predicted molar refractivity (Wildman–Crippen MR) is 41.0 cm³/mol. The van der Waals surface area contributed by atoms with E-state index in [2.05, 4.69) is 27.7 Å². The van der Waals surface area contributed by atoms with Crippen LogP contribution in [0.1, 0.15) is 34.1 Å². The predicted octanol–water partition coefficient (Wildman–Crippen LogP) is 2.89. The molecule has 0 heteroatoms. The van der Waals surface area contributed by atoms with Crippen molar-refractivity contribution in [2.75, 3.05) is 0 Å². The van der Waals surface area contributed by atoms with Crippen molar-refractivity contribution >= 4 is 0 Å². The second-order valence-electron chi connectivity index (χ2n) is 3.68. The largest absolute Gasteiger partial charge is 0.0622 e. The zero-order chi connectivity index (χ0) is 7.02. The lowest BCUT2D eigenvalue weighted by Gasteiger charge is -2.13. The van der Waals surface area contributed by atoms with Gasteiger partial charge in [0, 0.05) is 0 Å². The molecule has 3 unspecified atom stereocenters. The maximum Gasteiger partial charge on any atom is -0.0238 e. The molecule has 0 saturated heterocycles. The molecule has 0 aromatic carbocycles. The highest BCUT2D eigenvalue weighted by Gasteiger charge is 2.32. The first kappa shape index (κ1) is 7.11. The molecule has 0 nitrogen and oxygen atoms in total. The molecule has 0 spiro atoms. The van der Waals surface area contributed by atoms with Crippen molar-refractivity contribution in [2.45, 2.75) is 34.1 Å². The van der Waals surface area contributed by atoms with Crippen molar-refractivity contribution in [1.82, 2.24) is 0 Å². The van der Waals surface area contributed by atoms with Crippen LogP contribution in [0.4, 0.5) is 0 Å². The molecule has 0 N–H and O–H groups in total. The second-order valence-corrected chi connectivity index (χ2v) is 3.68. The minimum absolute atomic E-state index is 0.875. The summed E-state index contributed by atoms with van der Waals surface area (Å²) in [5.74, 6) is 4.43. The van der Waals surface area contributed by atoms with Crippen LogP contribution in [0.25, 0.3) is 0 Å². The molecule has 1 saturated carbocycles. The third kappa shape index (κ3) is 1.12. The van der Waals surface area contributed by atoms with Crippen molar-refractivity contribution < 1.29 is 0 Å². The molecule has 1 aliphatic carbocycles. The topological polar surface area (TPSA) is 0 Å². The summed E-state index contributed by atoms with van der Waals surface area (Å²) in [6.45, 7) is 9.37. The van der Waals surface area contributed by atoms with E-state index in [-0.39, 0.29) is 0 Å². The van der Waals surface area contributed by atoms with Crippen LogP contribution in [0.2, 0.25) is 0 Å². The molecule has 0 heterocycles. The Morgan fingerprint density at radius 1 is 1.22 bits per heavy atom. The summed E-state index contributed by atoms with van der Waals surface area (Å²) in [7, 11) is 0. The van der Waals surface area contributed by atoms with Crippen LogP contribution in [-0.4, -0.2) is 0 Å². The van der Waals surface area contributed by atoms with Gasteiger partial charge in [-0.15, -0.1) is 0 Å². The number of rotatable bonds is 0. The van der Waals surface area contributed by atoms with E-state index in [1.807, 2.05) is 0 Å². The Labute approximate surface area is 58.7 Å². The molecule has 1 aliphatic rings. The lowest BCUT2D eigenvalue weighted by atomic mass is 9.92. The second kappa shape index (κ2) is 2.32. The highest BCUT2D eigenvalue weighted by atomic mass is 14.4. The van der Waals surface area contributed by atoms with E-state index in [1.165, 1.54) is 6.42 Å². The normalized spacial score (nSPS) is 46.0. The average molecular weight is 125 g/mol. The van der Waals surface area contributed by atoms with Crippen LogP contribution in [0.15, 0.2) is 0 Å². The van der Waals surface area contributed by atoms with E-state index in [9.17, 15) is 0 Å². The van der Waals surface area contributed by atoms with Crippen molar-refractivity contribution in [3.8, 4) is 0 Å². The van der Waals surface area contributed by atoms with E-state index in [1.54, 1.807) is 5.92 Å². The highest BCUT2D eigenvalue weighted by molar-refractivity contribution is 5.01. The van der Waals surface area contributed by atoms with E-state index in [4.69, 9.17) is 0 Å².